The molecule has 41 heteroatoms. The molecule has 4 aliphatic rings. The summed E-state index contributed by atoms with van der Waals surface area (Å²) in [5.74, 6) is -0.0881. The fourth-order valence-corrected chi connectivity index (χ4v) is 20.7. The molecule has 5 aromatic heterocycles. The van der Waals surface area contributed by atoms with E-state index in [1.165, 1.54) is 42.5 Å². The molecule has 0 aliphatic carbocycles. The van der Waals surface area contributed by atoms with Crippen molar-refractivity contribution >= 4 is 226 Å². The summed E-state index contributed by atoms with van der Waals surface area (Å²) < 4.78 is 20.0. The molecule has 8 bridgehead atoms. The van der Waals surface area contributed by atoms with E-state index in [1.54, 1.807) is 116 Å². The quantitative estimate of drug-likeness (QED) is 0.0149. The summed E-state index contributed by atoms with van der Waals surface area (Å²) in [6.45, 7) is 5.28. The van der Waals surface area contributed by atoms with E-state index in [2.05, 4.69) is 87.6 Å². The Morgan fingerprint density at radius 2 is 0.922 bits per heavy atom. The summed E-state index contributed by atoms with van der Waals surface area (Å²) in [6, 6.07) is 67.8. The summed E-state index contributed by atoms with van der Waals surface area (Å²) in [7, 11) is 0. The van der Waals surface area contributed by atoms with E-state index in [0.29, 0.717) is 89.3 Å². The van der Waals surface area contributed by atoms with Gasteiger partial charge < -0.3 is 70.3 Å². The van der Waals surface area contributed by atoms with Crippen LogP contribution in [-0.4, -0.2) is 109 Å². The van der Waals surface area contributed by atoms with Gasteiger partial charge in [0.15, 0.2) is 27.4 Å². The third-order valence-electron chi connectivity index (χ3n) is 21.6. The number of phenols is 8. The summed E-state index contributed by atoms with van der Waals surface area (Å²) in [4.78, 5) is 104. The lowest BCUT2D eigenvalue weighted by molar-refractivity contribution is -0.384. The number of carbonyl (C=O) groups is 4. The monoisotopic (exact) mass is 2410 g/mol. The summed E-state index contributed by atoms with van der Waals surface area (Å²) in [5.41, 5.74) is 14.3. The summed E-state index contributed by atoms with van der Waals surface area (Å²) in [6.07, 6.45) is 7.36. The maximum atomic E-state index is 12.9. The van der Waals surface area contributed by atoms with Crippen LogP contribution in [0.25, 0.3) is 78.7 Å². The Morgan fingerprint density at radius 1 is 0.482 bits per heavy atom. The van der Waals surface area contributed by atoms with Gasteiger partial charge in [-0.1, -0.05) is 121 Å². The molecule has 20 rings (SSSR count). The van der Waals surface area contributed by atoms with Crippen molar-refractivity contribution < 1.29 is 89.0 Å². The van der Waals surface area contributed by atoms with Gasteiger partial charge >= 0.3 is 16.0 Å². The van der Waals surface area contributed by atoms with Crippen LogP contribution in [0.3, 0.4) is 0 Å². The van der Waals surface area contributed by atoms with Gasteiger partial charge in [-0.05, 0) is 307 Å². The Bertz CT molecular complexity index is 7830. The van der Waals surface area contributed by atoms with Gasteiger partial charge in [-0.3, -0.25) is 60.3 Å². The van der Waals surface area contributed by atoms with Gasteiger partial charge in [-0.2, -0.15) is 0 Å². The first-order valence-corrected chi connectivity index (χ1v) is 48.1. The highest BCUT2D eigenvalue weighted by molar-refractivity contribution is 14.1. The van der Waals surface area contributed by atoms with Crippen molar-refractivity contribution in [3.05, 3.63) is 384 Å². The number of carbonyl (C=O) groups excluding carboxylic acids is 4. The van der Waals surface area contributed by atoms with E-state index >= 15 is 0 Å². The number of esters is 1. The molecule has 0 radical (unpaired) electrons. The third kappa shape index (κ3) is 21.4. The molecule has 4 aliphatic heterocycles. The lowest BCUT2D eigenvalue weighted by Gasteiger charge is -2.37. The van der Waals surface area contributed by atoms with Crippen molar-refractivity contribution in [3.8, 4) is 108 Å². The largest absolute Gasteiger partial charge is 0.508 e. The maximum Gasteiger partial charge on any atom is 0.345 e. The molecule has 0 unspecified atom stereocenters. The number of aromatic nitrogens is 6. The minimum atomic E-state index is -1.22. The number of nitro groups is 3. The van der Waals surface area contributed by atoms with Gasteiger partial charge in [0.05, 0.1) is 102 Å². The SMILES string of the molecule is C=C(C)Oc1ccccc1C(=O)Nc1ncc([N+](=O)[O-])s1.O=C(Nc1ccc([N+](=O)[O-])cc1Cl)c1cc(Cl)ccc1O.O=C(Nc1ncc([N+](=O)[O-])s1)c1ccccc1O.O=C1OC2(c3ccccc31)c1cc(I)c(O)c(I)c1Oc1c2cc(I)c(O)c1I.Oc1cccc(-c2c3nc(c(-c4cccc(O)c4)c4ccc([nH]4)c(-c4cccc(O)c4)c4nc(c(-c5cccc(O)c5)c5ccc2[nH]5)CC4)C=C3)c1. The average molecular weight is 2410 g/mol. The molecular weight excluding hydrogens is 2350 g/mol. The minimum Gasteiger partial charge on any atom is -0.508 e. The van der Waals surface area contributed by atoms with Crippen LogP contribution < -0.4 is 25.4 Å². The predicted molar refractivity (Wildman–Crippen MR) is 567 cm³/mol. The number of hydrogen-bond acceptors (Lipinski definition) is 27. The Hall–Kier alpha value is -15.1. The standard InChI is InChI=1S/C44H32N4O4.C20H8I4O5.C13H8Cl2N2O4.C13H11N3O4S.C10H7N3O4S/c49-29-9-1-5-25(21-29)41-33-13-15-35(45-33)42(26-6-2-10-30(50)22-26)37-17-19-39(47-37)44(28-8-4-12-32(52)24-28)40-20-18-38(48-40)43(36-16-14-34(41)46-36)27-7-3-11-31(51)23-27;21-11-5-9-17(13(23)15(11)25)28-18-10(6-12(22)16(26)14(18)24)20(9)8-4-2-1-3-7(8)19(27)29-20;14-7-1-4-12(18)9(5-7)13(19)16-11-3-2-8(17(20)21)6-10(11)15;1-8(2)20-10-6-4-3-5-9(10)12(17)15-13-14-7-11(21-13)16(18)19;14-7-4-2-1-3-6(7)9(15)12-10-11-5-8(18-10)13(16)17/h1-17,19,21-24,46-47,49-52H,18,20H2;1-6,25-26H;1-6,18H,(H,16,19);3-7H,1H2,2H3,(H,14,15,17);1-5,14H,(H,11,12,15). The van der Waals surface area contributed by atoms with Crippen molar-refractivity contribution in [2.24, 2.45) is 0 Å². The highest BCUT2D eigenvalue weighted by Gasteiger charge is 2.55. The molecular formula is C100H66Cl2I4N12O21S2. The normalized spacial score (nSPS) is 12.0. The Balaban J connectivity index is 0.000000137. The number of ether oxygens (including phenoxy) is 3. The second-order valence-corrected chi connectivity index (χ2v) is 38.1. The average Bonchev–Trinajstić information content (AvgIpc) is 1.58. The van der Waals surface area contributed by atoms with E-state index in [9.17, 15) is 90.4 Å². The van der Waals surface area contributed by atoms with Crippen LogP contribution in [0.2, 0.25) is 10.0 Å². The number of allylic oxidation sites excluding steroid dienone is 1. The zero-order valence-corrected chi connectivity index (χ0v) is 83.9. The number of non-ortho nitro benzene ring substituents is 1. The molecule has 141 heavy (non-hydrogen) atoms. The van der Waals surface area contributed by atoms with Crippen molar-refractivity contribution in [1.29, 1.82) is 0 Å². The molecule has 0 fully saturated rings. The minimum absolute atomic E-state index is 0.0130. The van der Waals surface area contributed by atoms with E-state index in [1.807, 2.05) is 142 Å². The van der Waals surface area contributed by atoms with Crippen LogP contribution in [0, 0.1) is 44.6 Å². The first kappa shape index (κ1) is 98.9. The summed E-state index contributed by atoms with van der Waals surface area (Å²) >= 11 is 21.3. The lowest BCUT2D eigenvalue weighted by Crippen LogP contribution is -2.34. The van der Waals surface area contributed by atoms with E-state index in [0.717, 1.165) is 119 Å². The number of aromatic hydroxyl groups is 8. The van der Waals surface area contributed by atoms with Gasteiger partial charge in [0, 0.05) is 67.0 Å². The summed E-state index contributed by atoms with van der Waals surface area (Å²) in [5, 5.41) is 122. The highest BCUT2D eigenvalue weighted by Crippen LogP contribution is 2.61. The number of rotatable bonds is 15. The van der Waals surface area contributed by atoms with Gasteiger partial charge in [0.1, 0.15) is 64.1 Å². The molecule has 0 saturated heterocycles. The number of benzene rings is 11. The molecule has 9 heterocycles. The number of nitro benzene ring substituents is 1. The van der Waals surface area contributed by atoms with Gasteiger partial charge in [0.25, 0.3) is 23.4 Å². The second-order valence-electron chi connectivity index (χ2n) is 30.8. The lowest BCUT2D eigenvalue weighted by atomic mass is 9.77. The second kappa shape index (κ2) is 42.3. The van der Waals surface area contributed by atoms with Crippen molar-refractivity contribution in [1.82, 2.24) is 29.9 Å². The number of nitrogens with zero attached hydrogens (tertiary/aromatic N) is 7. The van der Waals surface area contributed by atoms with E-state index in [4.69, 9.17) is 47.4 Å². The Labute approximate surface area is 869 Å². The number of halogens is 6. The number of thiazole rings is 2. The number of fused-ring (bicyclic) bond motifs is 14. The molecule has 0 saturated carbocycles. The van der Waals surface area contributed by atoms with Crippen LogP contribution in [0.5, 0.6) is 63.2 Å². The number of H-pyrrole nitrogens is 2. The first-order chi connectivity index (χ1) is 67.6. The Morgan fingerprint density at radius 3 is 1.38 bits per heavy atom. The number of aromatic amines is 2. The Kier molecular flexibility index (Phi) is 29.7. The van der Waals surface area contributed by atoms with E-state index < -0.39 is 44.1 Å². The smallest absolute Gasteiger partial charge is 0.345 e. The van der Waals surface area contributed by atoms with Crippen LogP contribution in [0.1, 0.15) is 87.8 Å². The van der Waals surface area contributed by atoms with Crippen molar-refractivity contribution in [2.45, 2.75) is 25.4 Å². The number of para-hydroxylation sites is 2. The zero-order valence-electron chi connectivity index (χ0n) is 72.1. The van der Waals surface area contributed by atoms with Crippen LogP contribution in [0.15, 0.2) is 267 Å². The predicted octanol–water partition coefficient (Wildman–Crippen LogP) is 24.9. The zero-order chi connectivity index (χ0) is 100. The van der Waals surface area contributed by atoms with Gasteiger partial charge in [0.2, 0.25) is 0 Å². The van der Waals surface area contributed by atoms with Crippen LogP contribution in [0.4, 0.5) is 31.6 Å². The molecule has 33 nitrogen and oxygen atoms in total. The van der Waals surface area contributed by atoms with E-state index in [-0.39, 0.29) is 98.8 Å². The van der Waals surface area contributed by atoms with Crippen LogP contribution >= 0.6 is 136 Å². The first-order valence-electron chi connectivity index (χ1n) is 41.4. The fraction of sp³-hybridized carbons (Fsp3) is 0.0400. The number of nitrogens with one attached hydrogen (secondary N) is 5. The number of anilines is 3. The van der Waals surface area contributed by atoms with Gasteiger partial charge in [-0.25, -0.2) is 19.7 Å². The fourth-order valence-electron chi connectivity index (χ4n) is 15.5. The molecule has 1 spiro atoms. The molecule has 11 aromatic carbocycles. The topological polar surface area (TPSA) is 506 Å². The molecule has 3 amide bonds. The van der Waals surface area contributed by atoms with Gasteiger partial charge in [-0.15, -0.1) is 0 Å². The molecule has 16 aromatic rings. The van der Waals surface area contributed by atoms with Crippen molar-refractivity contribution in [2.75, 3.05) is 16.0 Å². The third-order valence-corrected chi connectivity index (χ3v) is 27.5. The van der Waals surface area contributed by atoms with Crippen molar-refractivity contribution in [3.63, 3.8) is 0 Å². The highest BCUT2D eigenvalue weighted by atomic mass is 127. The molecule has 13 N–H and O–H groups in total. The number of amides is 3. The number of aryl methyl sites for hydroxylation is 2. The van der Waals surface area contributed by atoms with Crippen LogP contribution in [-0.2, 0) is 23.2 Å². The maximum absolute atomic E-state index is 12.9. The molecule has 0 atom stereocenters. The number of phenolic OH excluding ortho intramolecular Hbond substituents is 8. The number of hydrogen-bond donors (Lipinski definition) is 13. The molecule has 706 valence electrons.